The molecular weight excluding hydrogens is 286 g/mol. The molecule has 0 bridgehead atoms. The van der Waals surface area contributed by atoms with Crippen LogP contribution in [0.3, 0.4) is 0 Å². The van der Waals surface area contributed by atoms with Gasteiger partial charge in [-0.15, -0.1) is 0 Å². The van der Waals surface area contributed by atoms with Gasteiger partial charge in [-0.3, -0.25) is 0 Å². The summed E-state index contributed by atoms with van der Waals surface area (Å²) in [4.78, 5) is 0. The van der Waals surface area contributed by atoms with Gasteiger partial charge in [0, 0.05) is 10.5 Å². The number of halogens is 1. The monoisotopic (exact) mass is 311 g/mol. The molecule has 1 aromatic carbocycles. The SMILES string of the molecule is CCNC(c1cc(C)c(Br)cc1C)C(C)(C)CC. The first kappa shape index (κ1) is 15.7. The fourth-order valence-electron chi connectivity index (χ4n) is 2.33. The molecule has 0 spiro atoms. The summed E-state index contributed by atoms with van der Waals surface area (Å²) in [6.45, 7) is 14.5. The van der Waals surface area contributed by atoms with E-state index in [0.29, 0.717) is 6.04 Å². The van der Waals surface area contributed by atoms with Crippen LogP contribution < -0.4 is 5.32 Å². The maximum atomic E-state index is 3.66. The Hall–Kier alpha value is -0.340. The molecule has 0 aromatic heterocycles. The van der Waals surface area contributed by atoms with E-state index < -0.39 is 0 Å². The lowest BCUT2D eigenvalue weighted by Crippen LogP contribution is -2.34. The predicted octanol–water partition coefficient (Wildman–Crippen LogP) is 5.15. The number of benzene rings is 1. The molecule has 18 heavy (non-hydrogen) atoms. The van der Waals surface area contributed by atoms with Gasteiger partial charge in [-0.2, -0.15) is 0 Å². The molecule has 0 radical (unpaired) electrons. The van der Waals surface area contributed by atoms with E-state index in [1.54, 1.807) is 0 Å². The fraction of sp³-hybridized carbons (Fsp3) is 0.625. The van der Waals surface area contributed by atoms with Crippen molar-refractivity contribution < 1.29 is 0 Å². The highest BCUT2D eigenvalue weighted by molar-refractivity contribution is 9.10. The number of hydrogen-bond acceptors (Lipinski definition) is 1. The van der Waals surface area contributed by atoms with Crippen molar-refractivity contribution in [2.45, 2.75) is 54.0 Å². The van der Waals surface area contributed by atoms with E-state index in [0.717, 1.165) is 6.54 Å². The van der Waals surface area contributed by atoms with Crippen molar-refractivity contribution in [1.29, 1.82) is 0 Å². The van der Waals surface area contributed by atoms with Gasteiger partial charge in [-0.1, -0.05) is 49.7 Å². The zero-order valence-electron chi connectivity index (χ0n) is 12.5. The molecular formula is C16H26BrN. The third-order valence-electron chi connectivity index (χ3n) is 3.96. The lowest BCUT2D eigenvalue weighted by molar-refractivity contribution is 0.236. The van der Waals surface area contributed by atoms with Crippen molar-refractivity contribution >= 4 is 15.9 Å². The van der Waals surface area contributed by atoms with E-state index in [-0.39, 0.29) is 5.41 Å². The minimum atomic E-state index is 0.265. The van der Waals surface area contributed by atoms with E-state index in [2.05, 4.69) is 74.9 Å². The molecule has 0 amide bonds. The molecule has 1 N–H and O–H groups in total. The van der Waals surface area contributed by atoms with Gasteiger partial charge in [0.2, 0.25) is 0 Å². The van der Waals surface area contributed by atoms with Crippen LogP contribution in [-0.4, -0.2) is 6.54 Å². The van der Waals surface area contributed by atoms with Crippen LogP contribution in [0.15, 0.2) is 16.6 Å². The number of aryl methyl sites for hydroxylation is 2. The second-order valence-electron chi connectivity index (χ2n) is 5.79. The fourth-order valence-corrected chi connectivity index (χ4v) is 2.79. The summed E-state index contributed by atoms with van der Waals surface area (Å²) in [6, 6.07) is 4.98. The molecule has 0 fully saturated rings. The van der Waals surface area contributed by atoms with Crippen LogP contribution in [0.2, 0.25) is 0 Å². The Labute approximate surface area is 120 Å². The van der Waals surface area contributed by atoms with Gasteiger partial charge in [-0.05, 0) is 55.0 Å². The molecule has 0 aliphatic heterocycles. The third-order valence-corrected chi connectivity index (χ3v) is 4.81. The summed E-state index contributed by atoms with van der Waals surface area (Å²) >= 11 is 3.62. The normalized spacial score (nSPS) is 13.7. The van der Waals surface area contributed by atoms with Crippen LogP contribution in [-0.2, 0) is 0 Å². The number of rotatable bonds is 5. The van der Waals surface area contributed by atoms with Crippen LogP contribution >= 0.6 is 15.9 Å². The summed E-state index contributed by atoms with van der Waals surface area (Å²) < 4.78 is 1.20. The lowest BCUT2D eigenvalue weighted by atomic mass is 9.77. The van der Waals surface area contributed by atoms with Crippen molar-refractivity contribution in [3.63, 3.8) is 0 Å². The Morgan fingerprint density at radius 1 is 1.17 bits per heavy atom. The van der Waals surface area contributed by atoms with Crippen LogP contribution in [0.1, 0.15) is 56.8 Å². The molecule has 1 unspecified atom stereocenters. The van der Waals surface area contributed by atoms with Crippen LogP contribution in [0.4, 0.5) is 0 Å². The topological polar surface area (TPSA) is 12.0 Å². The Morgan fingerprint density at radius 3 is 2.28 bits per heavy atom. The predicted molar refractivity (Wildman–Crippen MR) is 84.1 cm³/mol. The number of hydrogen-bond donors (Lipinski definition) is 1. The Bertz CT molecular complexity index is 410. The van der Waals surface area contributed by atoms with Crippen molar-refractivity contribution in [3.8, 4) is 0 Å². The third kappa shape index (κ3) is 3.36. The number of nitrogens with one attached hydrogen (secondary N) is 1. The van der Waals surface area contributed by atoms with Gasteiger partial charge in [0.25, 0.3) is 0 Å². The minimum absolute atomic E-state index is 0.265. The standard InChI is InChI=1S/C16H26BrN/c1-7-16(5,6)15(18-8-2)13-9-12(4)14(17)10-11(13)3/h9-10,15,18H,7-8H2,1-6H3. The quantitative estimate of drug-likeness (QED) is 0.792. The molecule has 0 aliphatic rings. The van der Waals surface area contributed by atoms with Gasteiger partial charge in [0.05, 0.1) is 0 Å². The summed E-state index contributed by atoms with van der Waals surface area (Å²) in [5.41, 5.74) is 4.37. The smallest absolute Gasteiger partial charge is 0.0374 e. The van der Waals surface area contributed by atoms with E-state index in [9.17, 15) is 0 Å². The van der Waals surface area contributed by atoms with Gasteiger partial charge < -0.3 is 5.32 Å². The second kappa shape index (κ2) is 6.21. The van der Waals surface area contributed by atoms with E-state index in [1.165, 1.54) is 27.6 Å². The van der Waals surface area contributed by atoms with Crippen molar-refractivity contribution in [2.24, 2.45) is 5.41 Å². The van der Waals surface area contributed by atoms with Crippen LogP contribution in [0, 0.1) is 19.3 Å². The highest BCUT2D eigenvalue weighted by Gasteiger charge is 2.29. The molecule has 2 heteroatoms. The molecule has 0 saturated carbocycles. The van der Waals surface area contributed by atoms with Crippen molar-refractivity contribution in [1.82, 2.24) is 5.32 Å². The first-order valence-corrected chi connectivity index (χ1v) is 7.62. The van der Waals surface area contributed by atoms with Gasteiger partial charge in [0.15, 0.2) is 0 Å². The second-order valence-corrected chi connectivity index (χ2v) is 6.65. The molecule has 0 aliphatic carbocycles. The molecule has 1 nitrogen and oxygen atoms in total. The molecule has 1 rings (SSSR count). The van der Waals surface area contributed by atoms with E-state index in [1.807, 2.05) is 0 Å². The van der Waals surface area contributed by atoms with E-state index >= 15 is 0 Å². The minimum Gasteiger partial charge on any atom is -0.310 e. The highest BCUT2D eigenvalue weighted by atomic mass is 79.9. The molecule has 0 heterocycles. The van der Waals surface area contributed by atoms with Crippen LogP contribution in [0.25, 0.3) is 0 Å². The summed E-state index contributed by atoms with van der Waals surface area (Å²) in [5.74, 6) is 0. The first-order chi connectivity index (χ1) is 8.33. The van der Waals surface area contributed by atoms with Crippen molar-refractivity contribution in [3.05, 3.63) is 33.3 Å². The molecule has 1 atom stereocenters. The average molecular weight is 312 g/mol. The maximum absolute atomic E-state index is 3.66. The summed E-state index contributed by atoms with van der Waals surface area (Å²) in [7, 11) is 0. The van der Waals surface area contributed by atoms with E-state index in [4.69, 9.17) is 0 Å². The van der Waals surface area contributed by atoms with Gasteiger partial charge in [-0.25, -0.2) is 0 Å². The van der Waals surface area contributed by atoms with Crippen LogP contribution in [0.5, 0.6) is 0 Å². The zero-order chi connectivity index (χ0) is 13.9. The lowest BCUT2D eigenvalue weighted by Gasteiger charge is -2.36. The Kier molecular flexibility index (Phi) is 5.42. The maximum Gasteiger partial charge on any atom is 0.0374 e. The van der Waals surface area contributed by atoms with Gasteiger partial charge in [0.1, 0.15) is 0 Å². The van der Waals surface area contributed by atoms with Gasteiger partial charge >= 0.3 is 0 Å². The van der Waals surface area contributed by atoms with Crippen molar-refractivity contribution in [2.75, 3.05) is 6.54 Å². The Morgan fingerprint density at radius 2 is 1.78 bits per heavy atom. The first-order valence-electron chi connectivity index (χ1n) is 6.83. The molecule has 102 valence electrons. The highest BCUT2D eigenvalue weighted by Crippen LogP contribution is 2.38. The Balaban J connectivity index is 3.26. The summed E-state index contributed by atoms with van der Waals surface area (Å²) in [5, 5.41) is 3.66. The average Bonchev–Trinajstić information content (AvgIpc) is 2.31. The molecule has 0 saturated heterocycles. The largest absolute Gasteiger partial charge is 0.310 e. The molecule has 1 aromatic rings. The summed E-state index contributed by atoms with van der Waals surface area (Å²) in [6.07, 6.45) is 1.17. The zero-order valence-corrected chi connectivity index (χ0v) is 14.1.